The maximum absolute atomic E-state index is 12.2. The minimum Gasteiger partial charge on any atom is -0.465 e. The van der Waals surface area contributed by atoms with Gasteiger partial charge in [-0.1, -0.05) is 11.6 Å². The minimum absolute atomic E-state index is 0.0747. The maximum atomic E-state index is 12.2. The number of anilines is 1. The SMILES string of the molecule is COC(=O)c1ccc(S(=O)(=O)Nc2cnn(C)c2)c(Cl)c1. The van der Waals surface area contributed by atoms with E-state index < -0.39 is 16.0 Å². The first-order chi connectivity index (χ1) is 9.83. The number of methoxy groups -OCH3 is 1. The number of hydrogen-bond acceptors (Lipinski definition) is 5. The standard InChI is InChI=1S/C12H12ClN3O4S/c1-16-7-9(6-14-16)15-21(18,19)11-4-3-8(5-10(11)13)12(17)20-2/h3-7,15H,1-2H3. The van der Waals surface area contributed by atoms with Crippen LogP contribution in [0.4, 0.5) is 5.69 Å². The molecule has 112 valence electrons. The van der Waals surface area contributed by atoms with Gasteiger partial charge >= 0.3 is 5.97 Å². The first-order valence-electron chi connectivity index (χ1n) is 5.73. The summed E-state index contributed by atoms with van der Waals surface area (Å²) in [5.41, 5.74) is 0.480. The number of aryl methyl sites for hydroxylation is 1. The fourth-order valence-corrected chi connectivity index (χ4v) is 3.22. The molecule has 0 aliphatic carbocycles. The van der Waals surface area contributed by atoms with E-state index in [2.05, 4.69) is 14.6 Å². The van der Waals surface area contributed by atoms with Gasteiger partial charge in [0.05, 0.1) is 29.6 Å². The molecule has 2 aromatic rings. The van der Waals surface area contributed by atoms with Crippen molar-refractivity contribution in [3.8, 4) is 0 Å². The summed E-state index contributed by atoms with van der Waals surface area (Å²) in [5.74, 6) is -0.596. The average Bonchev–Trinajstić information content (AvgIpc) is 2.81. The third-order valence-corrected chi connectivity index (χ3v) is 4.46. The molecule has 7 nitrogen and oxygen atoms in total. The molecule has 0 atom stereocenters. The van der Waals surface area contributed by atoms with Gasteiger partial charge in [-0.15, -0.1) is 0 Å². The van der Waals surface area contributed by atoms with E-state index in [0.29, 0.717) is 5.69 Å². The molecule has 1 aromatic heterocycles. The molecule has 0 aliphatic rings. The molecule has 2 rings (SSSR count). The van der Waals surface area contributed by atoms with Crippen LogP contribution in [0.2, 0.25) is 5.02 Å². The van der Waals surface area contributed by atoms with Gasteiger partial charge in [-0.2, -0.15) is 5.10 Å². The fourth-order valence-electron chi connectivity index (χ4n) is 1.65. The number of hydrogen-bond donors (Lipinski definition) is 1. The second-order valence-electron chi connectivity index (χ2n) is 4.14. The van der Waals surface area contributed by atoms with E-state index in [1.807, 2.05) is 0 Å². The lowest BCUT2D eigenvalue weighted by molar-refractivity contribution is 0.0600. The Bertz CT molecular complexity index is 786. The van der Waals surface area contributed by atoms with Crippen LogP contribution < -0.4 is 4.72 Å². The Morgan fingerprint density at radius 1 is 1.43 bits per heavy atom. The van der Waals surface area contributed by atoms with Gasteiger partial charge < -0.3 is 4.74 Å². The van der Waals surface area contributed by atoms with E-state index in [4.69, 9.17) is 11.6 Å². The van der Waals surface area contributed by atoms with Gasteiger partial charge in [0.2, 0.25) is 0 Å². The van der Waals surface area contributed by atoms with Gasteiger partial charge in [-0.3, -0.25) is 9.40 Å². The number of carbonyl (C=O) groups is 1. The van der Waals surface area contributed by atoms with Crippen LogP contribution in [0.5, 0.6) is 0 Å². The van der Waals surface area contributed by atoms with E-state index in [0.717, 1.165) is 0 Å². The van der Waals surface area contributed by atoms with Crippen molar-refractivity contribution in [1.82, 2.24) is 9.78 Å². The monoisotopic (exact) mass is 329 g/mol. The van der Waals surface area contributed by atoms with Crippen LogP contribution in [-0.4, -0.2) is 31.3 Å². The van der Waals surface area contributed by atoms with Crippen molar-refractivity contribution in [3.63, 3.8) is 0 Å². The van der Waals surface area contributed by atoms with Gasteiger partial charge in [0.25, 0.3) is 10.0 Å². The normalized spacial score (nSPS) is 11.2. The third kappa shape index (κ3) is 3.34. The zero-order valence-corrected chi connectivity index (χ0v) is 12.8. The van der Waals surface area contributed by atoms with Crippen molar-refractivity contribution in [2.45, 2.75) is 4.90 Å². The van der Waals surface area contributed by atoms with Crippen molar-refractivity contribution in [2.75, 3.05) is 11.8 Å². The van der Waals surface area contributed by atoms with Gasteiger partial charge in [-0.25, -0.2) is 13.2 Å². The molecule has 0 saturated carbocycles. The predicted molar refractivity (Wildman–Crippen MR) is 76.8 cm³/mol. The first kappa shape index (κ1) is 15.3. The number of rotatable bonds is 4. The molecule has 0 amide bonds. The highest BCUT2D eigenvalue weighted by Gasteiger charge is 2.20. The van der Waals surface area contributed by atoms with Crippen LogP contribution in [-0.2, 0) is 21.8 Å². The molecule has 1 N–H and O–H groups in total. The number of carbonyl (C=O) groups excluding carboxylic acids is 1. The van der Waals surface area contributed by atoms with Crippen LogP contribution >= 0.6 is 11.6 Å². The molecule has 0 fully saturated rings. The summed E-state index contributed by atoms with van der Waals surface area (Å²) in [6.45, 7) is 0. The van der Waals surface area contributed by atoms with Gasteiger partial charge in [0.1, 0.15) is 4.90 Å². The maximum Gasteiger partial charge on any atom is 0.337 e. The molecular weight excluding hydrogens is 318 g/mol. The van der Waals surface area contributed by atoms with Crippen molar-refractivity contribution in [3.05, 3.63) is 41.2 Å². The van der Waals surface area contributed by atoms with E-state index in [1.165, 1.54) is 42.4 Å². The largest absolute Gasteiger partial charge is 0.465 e. The summed E-state index contributed by atoms with van der Waals surface area (Å²) in [7, 11) is -0.978. The lowest BCUT2D eigenvalue weighted by Crippen LogP contribution is -2.13. The topological polar surface area (TPSA) is 90.3 Å². The smallest absolute Gasteiger partial charge is 0.337 e. The third-order valence-electron chi connectivity index (χ3n) is 2.60. The molecular formula is C12H12ClN3O4S. The predicted octanol–water partition coefficient (Wildman–Crippen LogP) is 1.66. The zero-order valence-electron chi connectivity index (χ0n) is 11.2. The second-order valence-corrected chi connectivity index (χ2v) is 6.20. The Labute approximate surface area is 126 Å². The number of halogens is 1. The Hall–Kier alpha value is -2.06. The summed E-state index contributed by atoms with van der Waals surface area (Å²) in [5, 5.41) is 3.79. The lowest BCUT2D eigenvalue weighted by atomic mass is 10.2. The summed E-state index contributed by atoms with van der Waals surface area (Å²) in [6.07, 6.45) is 2.88. The first-order valence-corrected chi connectivity index (χ1v) is 7.59. The fraction of sp³-hybridized carbons (Fsp3) is 0.167. The van der Waals surface area contributed by atoms with Gasteiger partial charge in [-0.05, 0) is 18.2 Å². The Balaban J connectivity index is 2.34. The average molecular weight is 330 g/mol. The molecule has 21 heavy (non-hydrogen) atoms. The molecule has 0 aliphatic heterocycles. The van der Waals surface area contributed by atoms with Crippen molar-refractivity contribution in [2.24, 2.45) is 7.05 Å². The van der Waals surface area contributed by atoms with Gasteiger partial charge in [0, 0.05) is 13.2 Å². The van der Waals surface area contributed by atoms with Crippen LogP contribution in [0.15, 0.2) is 35.5 Å². The molecule has 0 unspecified atom stereocenters. The van der Waals surface area contributed by atoms with Crippen molar-refractivity contribution >= 4 is 33.3 Å². The number of nitrogens with one attached hydrogen (secondary N) is 1. The lowest BCUT2D eigenvalue weighted by Gasteiger charge is -2.08. The second kappa shape index (κ2) is 5.74. The number of sulfonamides is 1. The number of nitrogens with zero attached hydrogens (tertiary/aromatic N) is 2. The van der Waals surface area contributed by atoms with Crippen LogP contribution in [0, 0.1) is 0 Å². The number of aromatic nitrogens is 2. The summed E-state index contributed by atoms with van der Waals surface area (Å²) in [4.78, 5) is 11.2. The Morgan fingerprint density at radius 3 is 2.67 bits per heavy atom. The van der Waals surface area contributed by atoms with E-state index in [1.54, 1.807) is 7.05 Å². The highest BCUT2D eigenvalue weighted by Crippen LogP contribution is 2.25. The molecule has 0 spiro atoms. The quantitative estimate of drug-likeness (QED) is 0.861. The van der Waals surface area contributed by atoms with E-state index >= 15 is 0 Å². The van der Waals surface area contributed by atoms with Crippen LogP contribution in [0.25, 0.3) is 0 Å². The van der Waals surface area contributed by atoms with Crippen molar-refractivity contribution < 1.29 is 17.9 Å². The highest BCUT2D eigenvalue weighted by molar-refractivity contribution is 7.92. The Morgan fingerprint density at radius 2 is 2.14 bits per heavy atom. The van der Waals surface area contributed by atoms with Crippen LogP contribution in [0.1, 0.15) is 10.4 Å². The molecule has 9 heteroatoms. The summed E-state index contributed by atoms with van der Waals surface area (Å²) < 4.78 is 32.8. The summed E-state index contributed by atoms with van der Waals surface area (Å²) >= 11 is 5.94. The molecule has 0 saturated heterocycles. The Kier molecular flexibility index (Phi) is 4.19. The summed E-state index contributed by atoms with van der Waals surface area (Å²) in [6, 6.07) is 3.81. The minimum atomic E-state index is -3.87. The zero-order chi connectivity index (χ0) is 15.6. The molecule has 1 heterocycles. The number of ether oxygens (including phenoxy) is 1. The van der Waals surface area contributed by atoms with Crippen LogP contribution in [0.3, 0.4) is 0 Å². The molecule has 0 bridgehead atoms. The van der Waals surface area contributed by atoms with Crippen molar-refractivity contribution in [1.29, 1.82) is 0 Å². The van der Waals surface area contributed by atoms with E-state index in [-0.39, 0.29) is 15.5 Å². The number of esters is 1. The molecule has 1 aromatic carbocycles. The number of benzene rings is 1. The van der Waals surface area contributed by atoms with E-state index in [9.17, 15) is 13.2 Å². The van der Waals surface area contributed by atoms with Gasteiger partial charge in [0.15, 0.2) is 0 Å². The molecule has 0 radical (unpaired) electrons. The highest BCUT2D eigenvalue weighted by atomic mass is 35.5.